The van der Waals surface area contributed by atoms with Crippen LogP contribution in [0.3, 0.4) is 0 Å². The summed E-state index contributed by atoms with van der Waals surface area (Å²) in [5, 5.41) is 9.93. The molecule has 0 aromatic rings. The lowest BCUT2D eigenvalue weighted by atomic mass is 9.95. The Morgan fingerprint density at radius 3 is 2.75 bits per heavy atom. The standard InChI is InChI=1S/C12H23N2O2/c1-5-11-6-12(15)10(8-16-11)7-13-9(2)14(3)4/h7,10-12,15H,5-6,8H2,1-4H3/q+1. The van der Waals surface area contributed by atoms with Crippen LogP contribution in [0.1, 0.15) is 26.7 Å². The molecule has 0 spiro atoms. The minimum Gasteiger partial charge on any atom is -0.392 e. The zero-order valence-electron chi connectivity index (χ0n) is 10.7. The number of hydrogen-bond acceptors (Lipinski definition) is 2. The van der Waals surface area contributed by atoms with Gasteiger partial charge >= 0.3 is 5.84 Å². The van der Waals surface area contributed by atoms with Crippen molar-refractivity contribution >= 4 is 12.1 Å². The largest absolute Gasteiger partial charge is 0.392 e. The van der Waals surface area contributed by atoms with Crippen molar-refractivity contribution in [3.05, 3.63) is 0 Å². The minimum absolute atomic E-state index is 0.0256. The van der Waals surface area contributed by atoms with E-state index in [4.69, 9.17) is 4.74 Å². The van der Waals surface area contributed by atoms with E-state index in [2.05, 4.69) is 11.6 Å². The average molecular weight is 227 g/mol. The number of ether oxygens (including phenoxy) is 1. The molecule has 0 aliphatic carbocycles. The van der Waals surface area contributed by atoms with Gasteiger partial charge in [0.2, 0.25) is 0 Å². The monoisotopic (exact) mass is 227 g/mol. The van der Waals surface area contributed by atoms with Gasteiger partial charge in [-0.1, -0.05) is 6.92 Å². The minimum atomic E-state index is -0.322. The second-order valence-electron chi connectivity index (χ2n) is 4.55. The lowest BCUT2D eigenvalue weighted by Gasteiger charge is -2.29. The molecule has 1 fully saturated rings. The van der Waals surface area contributed by atoms with Crippen molar-refractivity contribution in [2.45, 2.75) is 38.9 Å². The van der Waals surface area contributed by atoms with Crippen molar-refractivity contribution in [3.8, 4) is 0 Å². The van der Waals surface area contributed by atoms with Crippen LogP contribution in [0, 0.1) is 5.92 Å². The van der Waals surface area contributed by atoms with Crippen molar-refractivity contribution in [1.82, 2.24) is 9.57 Å². The number of amidine groups is 1. The Morgan fingerprint density at radius 1 is 1.56 bits per heavy atom. The third-order valence-electron chi connectivity index (χ3n) is 3.08. The molecule has 0 radical (unpaired) electrons. The number of aliphatic hydroxyl groups excluding tert-OH is 1. The van der Waals surface area contributed by atoms with E-state index in [9.17, 15) is 5.11 Å². The Morgan fingerprint density at radius 2 is 2.25 bits per heavy atom. The van der Waals surface area contributed by atoms with Crippen molar-refractivity contribution in [2.75, 3.05) is 20.7 Å². The van der Waals surface area contributed by atoms with E-state index in [1.807, 2.05) is 32.1 Å². The molecule has 0 saturated carbocycles. The maximum atomic E-state index is 9.93. The summed E-state index contributed by atoms with van der Waals surface area (Å²) in [6.07, 6.45) is 3.38. The Balaban J connectivity index is 2.60. The number of aliphatic hydroxyl groups is 1. The molecule has 1 rings (SSSR count). The Hall–Kier alpha value is -0.830. The molecule has 1 heterocycles. The van der Waals surface area contributed by atoms with E-state index >= 15 is 0 Å². The highest BCUT2D eigenvalue weighted by Crippen LogP contribution is 2.19. The maximum absolute atomic E-state index is 9.93. The molecule has 4 nitrogen and oxygen atoms in total. The summed E-state index contributed by atoms with van der Waals surface area (Å²) in [6, 6.07) is 0. The summed E-state index contributed by atoms with van der Waals surface area (Å²) in [7, 11) is 3.90. The Kier molecular flexibility index (Phi) is 5.00. The van der Waals surface area contributed by atoms with Gasteiger partial charge in [0, 0.05) is 6.42 Å². The fourth-order valence-corrected chi connectivity index (χ4v) is 1.62. The second kappa shape index (κ2) is 6.04. The van der Waals surface area contributed by atoms with Crippen LogP contribution in [0.5, 0.6) is 0 Å². The lowest BCUT2D eigenvalue weighted by Crippen LogP contribution is -2.38. The molecule has 4 heteroatoms. The van der Waals surface area contributed by atoms with Gasteiger partial charge in [-0.25, -0.2) is 4.67 Å². The molecule has 0 aromatic carbocycles. The van der Waals surface area contributed by atoms with Crippen LogP contribution in [-0.4, -0.2) is 55.0 Å². The first-order valence-electron chi connectivity index (χ1n) is 5.89. The highest BCUT2D eigenvalue weighted by molar-refractivity contribution is 5.81. The summed E-state index contributed by atoms with van der Waals surface area (Å²) < 4.78 is 9.95. The van der Waals surface area contributed by atoms with E-state index < -0.39 is 0 Å². The first-order valence-corrected chi connectivity index (χ1v) is 5.89. The fraction of sp³-hybridized carbons (Fsp3) is 0.833. The SMILES string of the molecule is CCC1CC(O)C(C=[N+]=C(C)N(C)C)CO1. The molecule has 16 heavy (non-hydrogen) atoms. The van der Waals surface area contributed by atoms with Crippen LogP contribution in [0.15, 0.2) is 0 Å². The van der Waals surface area contributed by atoms with Crippen molar-refractivity contribution in [2.24, 2.45) is 5.92 Å². The molecule has 0 bridgehead atoms. The number of rotatable bonds is 2. The van der Waals surface area contributed by atoms with Crippen LogP contribution in [0.4, 0.5) is 0 Å². The number of hydrogen-bond donors (Lipinski definition) is 1. The Bertz CT molecular complexity index is 283. The van der Waals surface area contributed by atoms with Crippen molar-refractivity contribution < 1.29 is 9.84 Å². The highest BCUT2D eigenvalue weighted by Gasteiger charge is 2.29. The first-order chi connectivity index (χ1) is 7.54. The van der Waals surface area contributed by atoms with Gasteiger partial charge in [0.05, 0.1) is 45.8 Å². The molecule has 0 aromatic heterocycles. The quantitative estimate of drug-likeness (QED) is 0.419. The van der Waals surface area contributed by atoms with E-state index in [0.717, 1.165) is 12.3 Å². The van der Waals surface area contributed by atoms with Crippen LogP contribution in [-0.2, 0) is 4.74 Å². The lowest BCUT2D eigenvalue weighted by molar-refractivity contribution is -0.0628. The summed E-state index contributed by atoms with van der Waals surface area (Å²) in [5.41, 5.74) is 0. The second-order valence-corrected chi connectivity index (χ2v) is 4.55. The molecule has 3 atom stereocenters. The zero-order valence-corrected chi connectivity index (χ0v) is 10.7. The van der Waals surface area contributed by atoms with Crippen LogP contribution >= 0.6 is 0 Å². The highest BCUT2D eigenvalue weighted by atomic mass is 16.5. The number of nitrogens with zero attached hydrogens (tertiary/aromatic N) is 2. The molecule has 1 aliphatic heterocycles. The molecule has 92 valence electrons. The van der Waals surface area contributed by atoms with Crippen LogP contribution in [0.2, 0.25) is 0 Å². The average Bonchev–Trinajstić information content (AvgIpc) is 2.26. The zero-order chi connectivity index (χ0) is 12.1. The van der Waals surface area contributed by atoms with Gasteiger partial charge < -0.3 is 9.84 Å². The summed E-state index contributed by atoms with van der Waals surface area (Å²) in [6.45, 7) is 4.60. The summed E-state index contributed by atoms with van der Waals surface area (Å²) in [5.74, 6) is 0.961. The smallest absolute Gasteiger partial charge is 0.340 e. The summed E-state index contributed by atoms with van der Waals surface area (Å²) >= 11 is 0. The predicted molar refractivity (Wildman–Crippen MR) is 66.7 cm³/mol. The molecular formula is C12H23N2O2+. The van der Waals surface area contributed by atoms with Gasteiger partial charge in [-0.05, 0) is 6.42 Å². The van der Waals surface area contributed by atoms with E-state index in [0.29, 0.717) is 13.0 Å². The fourth-order valence-electron chi connectivity index (χ4n) is 1.62. The van der Waals surface area contributed by atoms with Gasteiger partial charge in [-0.2, -0.15) is 0 Å². The van der Waals surface area contributed by atoms with E-state index in [-0.39, 0.29) is 18.1 Å². The van der Waals surface area contributed by atoms with Crippen LogP contribution < -0.4 is 4.67 Å². The topological polar surface area (TPSA) is 46.8 Å². The predicted octanol–water partition coefficient (Wildman–Crippen LogP) is 0.280. The van der Waals surface area contributed by atoms with Crippen LogP contribution in [0.25, 0.3) is 0 Å². The van der Waals surface area contributed by atoms with Gasteiger partial charge in [-0.3, -0.25) is 4.90 Å². The third kappa shape index (κ3) is 3.63. The van der Waals surface area contributed by atoms with Gasteiger partial charge in [0.15, 0.2) is 6.21 Å². The maximum Gasteiger partial charge on any atom is 0.340 e. The van der Waals surface area contributed by atoms with Gasteiger partial charge in [0.1, 0.15) is 0 Å². The summed E-state index contributed by atoms with van der Waals surface area (Å²) in [4.78, 5) is 1.95. The first kappa shape index (κ1) is 13.2. The third-order valence-corrected chi connectivity index (χ3v) is 3.08. The molecular weight excluding hydrogens is 204 g/mol. The van der Waals surface area contributed by atoms with Crippen molar-refractivity contribution in [3.63, 3.8) is 0 Å². The molecule has 1 saturated heterocycles. The van der Waals surface area contributed by atoms with E-state index in [1.54, 1.807) is 0 Å². The normalized spacial score (nSPS) is 29.4. The van der Waals surface area contributed by atoms with Crippen molar-refractivity contribution in [1.29, 1.82) is 0 Å². The molecule has 3 unspecified atom stereocenters. The Labute approximate surface area is 97.7 Å². The van der Waals surface area contributed by atoms with Gasteiger partial charge in [-0.15, -0.1) is 0 Å². The van der Waals surface area contributed by atoms with E-state index in [1.165, 1.54) is 0 Å². The van der Waals surface area contributed by atoms with Gasteiger partial charge in [0.25, 0.3) is 0 Å². The molecule has 1 aliphatic rings. The molecule has 0 amide bonds. The molecule has 1 N–H and O–H groups in total.